The minimum atomic E-state index is -0.404. The molecule has 0 saturated carbocycles. The third kappa shape index (κ3) is 3.29. The first kappa shape index (κ1) is 19.9. The summed E-state index contributed by atoms with van der Waals surface area (Å²) in [6.07, 6.45) is 2.03. The highest BCUT2D eigenvalue weighted by molar-refractivity contribution is 8.00. The van der Waals surface area contributed by atoms with Gasteiger partial charge in [0.05, 0.1) is 17.0 Å². The van der Waals surface area contributed by atoms with Crippen LogP contribution < -0.4 is 5.32 Å². The van der Waals surface area contributed by atoms with E-state index in [2.05, 4.69) is 46.6 Å². The minimum Gasteiger partial charge on any atom is -0.309 e. The minimum absolute atomic E-state index is 0.201. The van der Waals surface area contributed by atoms with E-state index < -0.39 is 5.25 Å². The van der Waals surface area contributed by atoms with Gasteiger partial charge in [-0.3, -0.25) is 13.9 Å². The van der Waals surface area contributed by atoms with Gasteiger partial charge in [0.2, 0.25) is 5.91 Å². The summed E-state index contributed by atoms with van der Waals surface area (Å²) in [5.41, 5.74) is 4.39. The third-order valence-corrected chi connectivity index (χ3v) is 6.41. The molecule has 4 aromatic rings. The molecule has 30 heavy (non-hydrogen) atoms. The van der Waals surface area contributed by atoms with E-state index in [4.69, 9.17) is 0 Å². The Morgan fingerprint density at radius 3 is 2.83 bits per heavy atom. The van der Waals surface area contributed by atoms with Gasteiger partial charge in [0.25, 0.3) is 0 Å². The Morgan fingerprint density at radius 2 is 2.10 bits per heavy atom. The van der Waals surface area contributed by atoms with Crippen molar-refractivity contribution in [2.75, 3.05) is 5.32 Å². The van der Waals surface area contributed by atoms with E-state index >= 15 is 0 Å². The van der Waals surface area contributed by atoms with Crippen LogP contribution in [-0.2, 0) is 11.8 Å². The average molecular weight is 420 g/mol. The van der Waals surface area contributed by atoms with Crippen LogP contribution in [0.3, 0.4) is 0 Å². The number of nitrogens with zero attached hydrogens (tertiary/aromatic N) is 6. The number of thioether (sulfide) groups is 1. The fourth-order valence-electron chi connectivity index (χ4n) is 3.52. The lowest BCUT2D eigenvalue weighted by Crippen LogP contribution is -2.26. The van der Waals surface area contributed by atoms with Gasteiger partial charge in [0.1, 0.15) is 17.5 Å². The maximum absolute atomic E-state index is 13.0. The van der Waals surface area contributed by atoms with Crippen molar-refractivity contribution in [2.45, 2.75) is 37.6 Å². The van der Waals surface area contributed by atoms with Gasteiger partial charge in [0.15, 0.2) is 10.8 Å². The monoisotopic (exact) mass is 419 g/mol. The van der Waals surface area contributed by atoms with Gasteiger partial charge in [-0.25, -0.2) is 0 Å². The second-order valence-electron chi connectivity index (χ2n) is 7.12. The molecule has 0 aliphatic rings. The average Bonchev–Trinajstić information content (AvgIpc) is 3.29. The van der Waals surface area contributed by atoms with Gasteiger partial charge in [-0.2, -0.15) is 10.4 Å². The standard InChI is InChI=1S/C21H21N7OS/c1-5-16(20(29)24-19-14(10-22)11-23-27(19)4)30-21-26-25-17-9-13(3)15-8-6-7-12(2)18(15)28(17)21/h6-9,11,16H,5H2,1-4H3,(H,24,29). The van der Waals surface area contributed by atoms with Gasteiger partial charge in [-0.1, -0.05) is 36.9 Å². The summed E-state index contributed by atoms with van der Waals surface area (Å²) in [5, 5.41) is 26.2. The SMILES string of the molecule is CCC(Sc1nnc2cc(C)c3cccc(C)c3n12)C(=O)Nc1c(C#N)cnn1C. The Morgan fingerprint density at radius 1 is 1.30 bits per heavy atom. The topological polar surface area (TPSA) is 101 Å². The third-order valence-electron chi connectivity index (χ3n) is 5.10. The first-order valence-electron chi connectivity index (χ1n) is 9.58. The summed E-state index contributed by atoms with van der Waals surface area (Å²) in [6, 6.07) is 10.2. The van der Waals surface area contributed by atoms with E-state index in [1.165, 1.54) is 22.6 Å². The Hall–Kier alpha value is -3.38. The number of carbonyl (C=O) groups is 1. The molecule has 3 heterocycles. The summed E-state index contributed by atoms with van der Waals surface area (Å²) in [6.45, 7) is 6.07. The highest BCUT2D eigenvalue weighted by atomic mass is 32.2. The molecule has 0 aliphatic heterocycles. The molecule has 1 aromatic carbocycles. The van der Waals surface area contributed by atoms with Gasteiger partial charge in [0, 0.05) is 12.4 Å². The molecule has 4 rings (SSSR count). The number of fused-ring (bicyclic) bond motifs is 3. The van der Waals surface area contributed by atoms with E-state index in [1.54, 1.807) is 7.05 Å². The number of nitrogens with one attached hydrogen (secondary N) is 1. The van der Waals surface area contributed by atoms with Gasteiger partial charge >= 0.3 is 0 Å². The molecule has 0 bridgehead atoms. The predicted octanol–water partition coefficient (Wildman–Crippen LogP) is 3.61. The van der Waals surface area contributed by atoms with Crippen molar-refractivity contribution in [2.24, 2.45) is 7.05 Å². The van der Waals surface area contributed by atoms with Crippen LogP contribution in [0.25, 0.3) is 16.6 Å². The molecular weight excluding hydrogens is 398 g/mol. The van der Waals surface area contributed by atoms with Crippen LogP contribution in [-0.4, -0.2) is 35.5 Å². The maximum Gasteiger partial charge on any atom is 0.239 e. The molecule has 9 heteroatoms. The molecule has 1 unspecified atom stereocenters. The molecule has 1 amide bonds. The normalized spacial score (nSPS) is 12.2. The van der Waals surface area contributed by atoms with Crippen LogP contribution in [0.4, 0.5) is 5.82 Å². The van der Waals surface area contributed by atoms with E-state index in [-0.39, 0.29) is 5.91 Å². The molecule has 1 N–H and O–H groups in total. The van der Waals surface area contributed by atoms with Crippen LogP contribution in [0, 0.1) is 25.2 Å². The summed E-state index contributed by atoms with van der Waals surface area (Å²) in [4.78, 5) is 13.0. The Balaban J connectivity index is 1.71. The van der Waals surface area contributed by atoms with Crippen molar-refractivity contribution in [3.63, 3.8) is 0 Å². The van der Waals surface area contributed by atoms with Crippen LogP contribution in [0.2, 0.25) is 0 Å². The van der Waals surface area contributed by atoms with E-state index in [9.17, 15) is 10.1 Å². The number of pyridine rings is 1. The zero-order valence-corrected chi connectivity index (χ0v) is 18.0. The van der Waals surface area contributed by atoms with Crippen molar-refractivity contribution in [3.8, 4) is 6.07 Å². The van der Waals surface area contributed by atoms with Crippen molar-refractivity contribution < 1.29 is 4.79 Å². The smallest absolute Gasteiger partial charge is 0.239 e. The number of aromatic nitrogens is 5. The van der Waals surface area contributed by atoms with Crippen molar-refractivity contribution in [1.82, 2.24) is 24.4 Å². The lowest BCUT2D eigenvalue weighted by Gasteiger charge is -2.15. The highest BCUT2D eigenvalue weighted by Gasteiger charge is 2.24. The van der Waals surface area contributed by atoms with Crippen molar-refractivity contribution >= 4 is 40.0 Å². The molecule has 0 spiro atoms. The number of amides is 1. The van der Waals surface area contributed by atoms with Gasteiger partial charge < -0.3 is 5.32 Å². The van der Waals surface area contributed by atoms with Gasteiger partial charge in [-0.05, 0) is 37.5 Å². The number of para-hydroxylation sites is 1. The summed E-state index contributed by atoms with van der Waals surface area (Å²) < 4.78 is 3.50. The fraction of sp³-hybridized carbons (Fsp3) is 0.286. The summed E-state index contributed by atoms with van der Waals surface area (Å²) in [7, 11) is 1.69. The highest BCUT2D eigenvalue weighted by Crippen LogP contribution is 2.31. The first-order chi connectivity index (χ1) is 14.4. The second kappa shape index (κ2) is 7.80. The lowest BCUT2D eigenvalue weighted by molar-refractivity contribution is -0.115. The molecule has 0 saturated heterocycles. The predicted molar refractivity (Wildman–Crippen MR) is 116 cm³/mol. The Bertz CT molecular complexity index is 1310. The van der Waals surface area contributed by atoms with Crippen LogP contribution in [0.5, 0.6) is 0 Å². The number of anilines is 1. The second-order valence-corrected chi connectivity index (χ2v) is 8.29. The van der Waals surface area contributed by atoms with E-state index in [1.807, 2.05) is 29.5 Å². The van der Waals surface area contributed by atoms with Crippen molar-refractivity contribution in [1.29, 1.82) is 5.26 Å². The fourth-order valence-corrected chi connectivity index (χ4v) is 4.49. The number of nitriles is 1. The number of aryl methyl sites for hydroxylation is 3. The molecular formula is C21H21N7OS. The molecule has 1 atom stereocenters. The number of carbonyl (C=O) groups excluding carboxylic acids is 1. The molecule has 8 nitrogen and oxygen atoms in total. The van der Waals surface area contributed by atoms with Crippen LogP contribution in [0.1, 0.15) is 30.0 Å². The zero-order valence-electron chi connectivity index (χ0n) is 17.2. The number of benzene rings is 1. The van der Waals surface area contributed by atoms with E-state index in [0.717, 1.165) is 27.7 Å². The molecule has 0 radical (unpaired) electrons. The zero-order chi connectivity index (χ0) is 21.4. The number of rotatable bonds is 5. The maximum atomic E-state index is 13.0. The molecule has 0 fully saturated rings. The molecule has 3 aromatic heterocycles. The first-order valence-corrected chi connectivity index (χ1v) is 10.5. The largest absolute Gasteiger partial charge is 0.309 e. The van der Waals surface area contributed by atoms with Crippen LogP contribution >= 0.6 is 11.8 Å². The van der Waals surface area contributed by atoms with Crippen LogP contribution in [0.15, 0.2) is 35.6 Å². The summed E-state index contributed by atoms with van der Waals surface area (Å²) in [5.74, 6) is 0.192. The lowest BCUT2D eigenvalue weighted by atomic mass is 10.1. The Kier molecular flexibility index (Phi) is 5.18. The molecule has 0 aliphatic carbocycles. The summed E-state index contributed by atoms with van der Waals surface area (Å²) >= 11 is 1.37. The number of hydrogen-bond donors (Lipinski definition) is 1. The Labute approximate surface area is 177 Å². The van der Waals surface area contributed by atoms with E-state index in [0.29, 0.717) is 23.0 Å². The van der Waals surface area contributed by atoms with Gasteiger partial charge in [-0.15, -0.1) is 10.2 Å². The quantitative estimate of drug-likeness (QED) is 0.496. The molecule has 152 valence electrons. The van der Waals surface area contributed by atoms with Crippen molar-refractivity contribution in [3.05, 3.63) is 47.2 Å². The number of hydrogen-bond acceptors (Lipinski definition) is 6.